The lowest BCUT2D eigenvalue weighted by atomic mass is 9.93. The molecule has 1 aliphatic rings. The lowest BCUT2D eigenvalue weighted by Crippen LogP contribution is -2.41. The van der Waals surface area contributed by atoms with Crippen molar-refractivity contribution in [2.24, 2.45) is 11.7 Å². The molecule has 20 heavy (non-hydrogen) atoms. The van der Waals surface area contributed by atoms with Gasteiger partial charge in [0.1, 0.15) is 5.82 Å². The molecule has 1 heterocycles. The van der Waals surface area contributed by atoms with Crippen molar-refractivity contribution < 1.29 is 14.0 Å². The zero-order valence-electron chi connectivity index (χ0n) is 11.1. The van der Waals surface area contributed by atoms with E-state index in [9.17, 15) is 14.0 Å². The summed E-state index contributed by atoms with van der Waals surface area (Å²) < 4.78 is 13.0. The Kier molecular flexibility index (Phi) is 4.55. The normalized spacial score (nSPS) is 15.9. The van der Waals surface area contributed by atoms with Gasteiger partial charge in [-0.3, -0.25) is 4.79 Å². The molecule has 1 fully saturated rings. The van der Waals surface area contributed by atoms with Crippen LogP contribution in [0.15, 0.2) is 24.3 Å². The Balaban J connectivity index is 1.84. The first-order valence-electron chi connectivity index (χ1n) is 6.64. The quantitative estimate of drug-likeness (QED) is 0.887. The van der Waals surface area contributed by atoms with E-state index in [2.05, 4.69) is 5.32 Å². The van der Waals surface area contributed by atoms with E-state index in [1.807, 2.05) is 0 Å². The number of carbonyl (C=O) groups excluding carboxylic acids is 2. The number of urea groups is 1. The molecule has 2 rings (SSSR count). The largest absolute Gasteiger partial charge is 0.370 e. The molecule has 0 atom stereocenters. The molecule has 1 aromatic rings. The number of hydrogen-bond acceptors (Lipinski definition) is 2. The second-order valence-corrected chi connectivity index (χ2v) is 5.04. The van der Waals surface area contributed by atoms with Crippen molar-refractivity contribution in [3.63, 3.8) is 0 Å². The van der Waals surface area contributed by atoms with E-state index in [0.717, 1.165) is 12.8 Å². The number of nitrogens with one attached hydrogen (secondary N) is 1. The molecule has 108 valence electrons. The summed E-state index contributed by atoms with van der Waals surface area (Å²) in [5.41, 5.74) is 5.61. The SMILES string of the molecule is NC(=O)CC1CCN(C(=O)Nc2cccc(F)c2)CC1. The van der Waals surface area contributed by atoms with Crippen LogP contribution in [0.1, 0.15) is 19.3 Å². The first-order valence-corrected chi connectivity index (χ1v) is 6.64. The third-order valence-corrected chi connectivity index (χ3v) is 3.47. The fourth-order valence-electron chi connectivity index (χ4n) is 2.39. The maximum Gasteiger partial charge on any atom is 0.321 e. The van der Waals surface area contributed by atoms with Gasteiger partial charge in [0, 0.05) is 25.2 Å². The number of likely N-dealkylation sites (tertiary alicyclic amines) is 1. The van der Waals surface area contributed by atoms with Crippen LogP contribution in [-0.4, -0.2) is 29.9 Å². The van der Waals surface area contributed by atoms with Crippen LogP contribution in [0.25, 0.3) is 0 Å². The minimum atomic E-state index is -0.386. The highest BCUT2D eigenvalue weighted by molar-refractivity contribution is 5.89. The molecule has 3 N–H and O–H groups in total. The van der Waals surface area contributed by atoms with E-state index in [-0.39, 0.29) is 23.7 Å². The Hall–Kier alpha value is -2.11. The Bertz CT molecular complexity index is 499. The van der Waals surface area contributed by atoms with Crippen LogP contribution in [-0.2, 0) is 4.79 Å². The highest BCUT2D eigenvalue weighted by atomic mass is 19.1. The molecule has 0 unspecified atom stereocenters. The van der Waals surface area contributed by atoms with Gasteiger partial charge >= 0.3 is 6.03 Å². The third kappa shape index (κ3) is 3.94. The maximum atomic E-state index is 13.0. The van der Waals surface area contributed by atoms with Gasteiger partial charge < -0.3 is 16.0 Å². The molecule has 1 aliphatic heterocycles. The van der Waals surface area contributed by atoms with Crippen molar-refractivity contribution in [3.8, 4) is 0 Å². The highest BCUT2D eigenvalue weighted by Gasteiger charge is 2.23. The van der Waals surface area contributed by atoms with Crippen LogP contribution in [0, 0.1) is 11.7 Å². The average Bonchev–Trinajstić information content (AvgIpc) is 2.38. The molecular formula is C14H18FN3O2. The minimum Gasteiger partial charge on any atom is -0.370 e. The van der Waals surface area contributed by atoms with E-state index in [0.29, 0.717) is 25.2 Å². The van der Waals surface area contributed by atoms with Gasteiger partial charge in [-0.1, -0.05) is 6.07 Å². The van der Waals surface area contributed by atoms with E-state index < -0.39 is 0 Å². The lowest BCUT2D eigenvalue weighted by molar-refractivity contribution is -0.119. The lowest BCUT2D eigenvalue weighted by Gasteiger charge is -2.31. The molecule has 0 aliphatic carbocycles. The molecule has 1 aromatic carbocycles. The minimum absolute atomic E-state index is 0.242. The predicted molar refractivity (Wildman–Crippen MR) is 73.5 cm³/mol. The fraction of sp³-hybridized carbons (Fsp3) is 0.429. The molecule has 0 spiro atoms. The Labute approximate surface area is 116 Å². The van der Waals surface area contributed by atoms with Crippen LogP contribution in [0.3, 0.4) is 0 Å². The van der Waals surface area contributed by atoms with Gasteiger partial charge in [0.25, 0.3) is 0 Å². The number of nitrogens with two attached hydrogens (primary N) is 1. The zero-order valence-corrected chi connectivity index (χ0v) is 11.1. The van der Waals surface area contributed by atoms with Gasteiger partial charge in [-0.25, -0.2) is 9.18 Å². The van der Waals surface area contributed by atoms with Crippen LogP contribution < -0.4 is 11.1 Å². The van der Waals surface area contributed by atoms with Gasteiger partial charge in [-0.05, 0) is 37.0 Å². The summed E-state index contributed by atoms with van der Waals surface area (Å²) in [4.78, 5) is 24.5. The number of nitrogens with zero attached hydrogens (tertiary/aromatic N) is 1. The number of piperidine rings is 1. The van der Waals surface area contributed by atoms with Crippen LogP contribution >= 0.6 is 0 Å². The molecule has 0 saturated carbocycles. The zero-order chi connectivity index (χ0) is 14.5. The number of halogens is 1. The van der Waals surface area contributed by atoms with Crippen molar-refractivity contribution in [3.05, 3.63) is 30.1 Å². The molecule has 3 amide bonds. The molecule has 5 nitrogen and oxygen atoms in total. The Morgan fingerprint density at radius 3 is 2.65 bits per heavy atom. The first-order chi connectivity index (χ1) is 9.54. The predicted octanol–water partition coefficient (Wildman–Crippen LogP) is 1.94. The molecule has 1 saturated heterocycles. The fourth-order valence-corrected chi connectivity index (χ4v) is 2.39. The topological polar surface area (TPSA) is 75.4 Å². The van der Waals surface area contributed by atoms with Gasteiger partial charge in [0.15, 0.2) is 0 Å². The van der Waals surface area contributed by atoms with E-state index in [1.54, 1.807) is 17.0 Å². The monoisotopic (exact) mass is 279 g/mol. The Morgan fingerprint density at radius 1 is 1.35 bits per heavy atom. The van der Waals surface area contributed by atoms with Crippen molar-refractivity contribution in [2.75, 3.05) is 18.4 Å². The summed E-state index contributed by atoms with van der Waals surface area (Å²) >= 11 is 0. The summed E-state index contributed by atoms with van der Waals surface area (Å²) in [5.74, 6) is -0.429. The Morgan fingerprint density at radius 2 is 2.05 bits per heavy atom. The summed E-state index contributed by atoms with van der Waals surface area (Å²) in [7, 11) is 0. The van der Waals surface area contributed by atoms with Gasteiger partial charge in [0.2, 0.25) is 5.91 Å². The number of primary amides is 1. The highest BCUT2D eigenvalue weighted by Crippen LogP contribution is 2.21. The van der Waals surface area contributed by atoms with Crippen molar-refractivity contribution in [1.29, 1.82) is 0 Å². The maximum absolute atomic E-state index is 13.0. The number of amides is 3. The van der Waals surface area contributed by atoms with Gasteiger partial charge in [-0.2, -0.15) is 0 Å². The van der Waals surface area contributed by atoms with E-state index in [4.69, 9.17) is 5.73 Å². The number of anilines is 1. The number of hydrogen-bond donors (Lipinski definition) is 2. The van der Waals surface area contributed by atoms with Crippen molar-refractivity contribution in [1.82, 2.24) is 4.90 Å². The summed E-state index contributed by atoms with van der Waals surface area (Å²) in [6.45, 7) is 1.16. The van der Waals surface area contributed by atoms with Crippen LogP contribution in [0.2, 0.25) is 0 Å². The third-order valence-electron chi connectivity index (χ3n) is 3.47. The van der Waals surface area contributed by atoms with E-state index in [1.165, 1.54) is 12.1 Å². The van der Waals surface area contributed by atoms with Crippen molar-refractivity contribution >= 4 is 17.6 Å². The van der Waals surface area contributed by atoms with Gasteiger partial charge in [0.05, 0.1) is 0 Å². The number of carbonyl (C=O) groups is 2. The smallest absolute Gasteiger partial charge is 0.321 e. The second kappa shape index (κ2) is 6.36. The second-order valence-electron chi connectivity index (χ2n) is 5.04. The molecule has 0 radical (unpaired) electrons. The average molecular weight is 279 g/mol. The standard InChI is InChI=1S/C14H18FN3O2/c15-11-2-1-3-12(9-11)17-14(20)18-6-4-10(5-7-18)8-13(16)19/h1-3,9-10H,4-8H2,(H2,16,19)(H,17,20). The number of benzene rings is 1. The van der Waals surface area contributed by atoms with Crippen LogP contribution in [0.4, 0.5) is 14.9 Å². The van der Waals surface area contributed by atoms with Crippen molar-refractivity contribution in [2.45, 2.75) is 19.3 Å². The van der Waals surface area contributed by atoms with Crippen LogP contribution in [0.5, 0.6) is 0 Å². The molecule has 0 aromatic heterocycles. The van der Waals surface area contributed by atoms with Gasteiger partial charge in [-0.15, -0.1) is 0 Å². The molecule has 6 heteroatoms. The molecule has 0 bridgehead atoms. The first kappa shape index (κ1) is 14.3. The van der Waals surface area contributed by atoms with E-state index >= 15 is 0 Å². The summed E-state index contributed by atoms with van der Waals surface area (Å²) in [6, 6.07) is 5.54. The number of rotatable bonds is 3. The summed E-state index contributed by atoms with van der Waals surface area (Å²) in [5, 5.41) is 2.66. The summed E-state index contributed by atoms with van der Waals surface area (Å²) in [6.07, 6.45) is 1.90. The molecular weight excluding hydrogens is 261 g/mol.